The summed E-state index contributed by atoms with van der Waals surface area (Å²) in [7, 11) is 1.22. The Balaban J connectivity index is 2.08. The second-order valence-corrected chi connectivity index (χ2v) is 5.48. The van der Waals surface area contributed by atoms with E-state index in [1.165, 1.54) is 7.11 Å². The molecule has 2 atom stereocenters. The van der Waals surface area contributed by atoms with Gasteiger partial charge in [0.1, 0.15) is 0 Å². The van der Waals surface area contributed by atoms with Gasteiger partial charge in [0.05, 0.1) is 7.11 Å². The summed E-state index contributed by atoms with van der Waals surface area (Å²) in [6.07, 6.45) is -0.941. The minimum absolute atomic E-state index is 0.381. The smallest absolute Gasteiger partial charge is 0.336 e. The van der Waals surface area contributed by atoms with Crippen LogP contribution in [0.15, 0.2) is 48.5 Å². The fraction of sp³-hybridized carbons (Fsp3) is 0.235. The largest absolute Gasteiger partial charge is 0.467 e. The Morgan fingerprint density at radius 1 is 1.23 bits per heavy atom. The molecular weight excluding hydrogens is 302 g/mol. The van der Waals surface area contributed by atoms with Crippen LogP contribution >= 0.6 is 11.6 Å². The molecule has 0 fully saturated rings. The Morgan fingerprint density at radius 3 is 2.50 bits per heavy atom. The summed E-state index contributed by atoms with van der Waals surface area (Å²) < 4.78 is 4.48. The predicted molar refractivity (Wildman–Crippen MR) is 86.6 cm³/mol. The lowest BCUT2D eigenvalue weighted by Gasteiger charge is -2.16. The van der Waals surface area contributed by atoms with Gasteiger partial charge >= 0.3 is 5.97 Å². The molecule has 2 aromatic rings. The summed E-state index contributed by atoms with van der Waals surface area (Å²) in [5.41, 5.74) is 8.82. The number of methoxy groups -OCH3 is 1. The van der Waals surface area contributed by atoms with Crippen LogP contribution in [0.4, 0.5) is 0 Å². The van der Waals surface area contributed by atoms with Crippen molar-refractivity contribution in [1.82, 2.24) is 0 Å². The van der Waals surface area contributed by atoms with Gasteiger partial charge in [-0.25, -0.2) is 4.79 Å². The molecule has 0 bridgehead atoms. The van der Waals surface area contributed by atoms with E-state index < -0.39 is 18.1 Å². The first-order valence-electron chi connectivity index (χ1n) is 6.87. The van der Waals surface area contributed by atoms with Gasteiger partial charge in [0.15, 0.2) is 6.10 Å². The van der Waals surface area contributed by atoms with E-state index in [4.69, 9.17) is 17.3 Å². The van der Waals surface area contributed by atoms with Crippen molar-refractivity contribution in [2.45, 2.75) is 18.6 Å². The number of benzene rings is 2. The van der Waals surface area contributed by atoms with Crippen LogP contribution in [0.3, 0.4) is 0 Å². The lowest BCUT2D eigenvalue weighted by Crippen LogP contribution is -2.42. The molecule has 0 heterocycles. The van der Waals surface area contributed by atoms with Crippen LogP contribution in [0.5, 0.6) is 0 Å². The van der Waals surface area contributed by atoms with Crippen molar-refractivity contribution in [1.29, 1.82) is 0 Å². The van der Waals surface area contributed by atoms with Crippen LogP contribution in [-0.4, -0.2) is 30.3 Å². The lowest BCUT2D eigenvalue weighted by atomic mass is 9.99. The van der Waals surface area contributed by atoms with Crippen molar-refractivity contribution in [3.05, 3.63) is 59.1 Å². The molecular formula is C17H18ClNO3. The van der Waals surface area contributed by atoms with E-state index in [9.17, 15) is 9.90 Å². The van der Waals surface area contributed by atoms with Crippen molar-refractivity contribution < 1.29 is 14.6 Å². The number of halogens is 1. The third-order valence-electron chi connectivity index (χ3n) is 3.43. The lowest BCUT2D eigenvalue weighted by molar-refractivity contribution is -0.151. The summed E-state index contributed by atoms with van der Waals surface area (Å²) in [4.78, 5) is 11.2. The van der Waals surface area contributed by atoms with Gasteiger partial charge in [-0.3, -0.25) is 0 Å². The van der Waals surface area contributed by atoms with Gasteiger partial charge < -0.3 is 15.6 Å². The Bertz CT molecular complexity index is 643. The van der Waals surface area contributed by atoms with Crippen LogP contribution in [0.2, 0.25) is 5.02 Å². The van der Waals surface area contributed by atoms with Gasteiger partial charge in [0.2, 0.25) is 0 Å². The standard InChI is InChI=1S/C17H18ClNO3/c1-22-17(21)16(20)15(19)9-11-5-7-12(8-6-11)13-3-2-4-14(18)10-13/h2-8,10,15-16,20H,9,19H2,1H3/t15-,16+/m1/s1. The van der Waals surface area contributed by atoms with Crippen LogP contribution in [-0.2, 0) is 16.0 Å². The molecule has 116 valence electrons. The molecule has 0 amide bonds. The SMILES string of the molecule is COC(=O)[C@@H](O)[C@H](N)Cc1ccc(-c2cccc(Cl)c2)cc1. The highest BCUT2D eigenvalue weighted by molar-refractivity contribution is 6.30. The van der Waals surface area contributed by atoms with Crippen molar-refractivity contribution in [3.8, 4) is 11.1 Å². The molecule has 0 spiro atoms. The van der Waals surface area contributed by atoms with Crippen LogP contribution < -0.4 is 5.73 Å². The number of rotatable bonds is 5. The summed E-state index contributed by atoms with van der Waals surface area (Å²) in [6.45, 7) is 0. The van der Waals surface area contributed by atoms with Crippen molar-refractivity contribution in [2.24, 2.45) is 5.73 Å². The average molecular weight is 320 g/mol. The van der Waals surface area contributed by atoms with Crippen molar-refractivity contribution in [3.63, 3.8) is 0 Å². The van der Waals surface area contributed by atoms with E-state index in [1.54, 1.807) is 0 Å². The quantitative estimate of drug-likeness (QED) is 0.830. The summed E-state index contributed by atoms with van der Waals surface area (Å²) in [6, 6.07) is 14.6. The molecule has 0 aromatic heterocycles. The van der Waals surface area contributed by atoms with Crippen LogP contribution in [0, 0.1) is 0 Å². The van der Waals surface area contributed by atoms with E-state index in [2.05, 4.69) is 4.74 Å². The second-order valence-electron chi connectivity index (χ2n) is 5.04. The highest BCUT2D eigenvalue weighted by atomic mass is 35.5. The summed E-state index contributed by atoms with van der Waals surface area (Å²) in [5.74, 6) is -0.719. The fourth-order valence-electron chi connectivity index (χ4n) is 2.18. The highest BCUT2D eigenvalue weighted by Crippen LogP contribution is 2.23. The molecule has 0 aliphatic heterocycles. The van der Waals surface area contributed by atoms with E-state index in [1.807, 2.05) is 48.5 Å². The average Bonchev–Trinajstić information content (AvgIpc) is 2.54. The van der Waals surface area contributed by atoms with Crippen molar-refractivity contribution >= 4 is 17.6 Å². The van der Waals surface area contributed by atoms with E-state index in [0.29, 0.717) is 11.4 Å². The molecule has 0 aliphatic carbocycles. The molecule has 2 rings (SSSR count). The number of aliphatic hydroxyl groups is 1. The maximum Gasteiger partial charge on any atom is 0.336 e. The zero-order chi connectivity index (χ0) is 16.1. The first kappa shape index (κ1) is 16.5. The van der Waals surface area contributed by atoms with Gasteiger partial charge in [-0.1, -0.05) is 48.0 Å². The predicted octanol–water partition coefficient (Wildman–Crippen LogP) is 2.41. The minimum atomic E-state index is -1.32. The highest BCUT2D eigenvalue weighted by Gasteiger charge is 2.23. The fourth-order valence-corrected chi connectivity index (χ4v) is 2.37. The third kappa shape index (κ3) is 4.07. The molecule has 0 saturated carbocycles. The van der Waals surface area contributed by atoms with Gasteiger partial charge in [-0.15, -0.1) is 0 Å². The molecule has 0 unspecified atom stereocenters. The van der Waals surface area contributed by atoms with Crippen LogP contribution in [0.25, 0.3) is 11.1 Å². The van der Waals surface area contributed by atoms with Gasteiger partial charge in [0.25, 0.3) is 0 Å². The molecule has 3 N–H and O–H groups in total. The molecule has 22 heavy (non-hydrogen) atoms. The van der Waals surface area contributed by atoms with Gasteiger partial charge in [0, 0.05) is 11.1 Å². The molecule has 5 heteroatoms. The Hall–Kier alpha value is -1.88. The zero-order valence-corrected chi connectivity index (χ0v) is 13.0. The number of aliphatic hydroxyl groups excluding tert-OH is 1. The molecule has 0 radical (unpaired) electrons. The topological polar surface area (TPSA) is 72.5 Å². The minimum Gasteiger partial charge on any atom is -0.467 e. The maximum atomic E-state index is 11.2. The van der Waals surface area contributed by atoms with E-state index >= 15 is 0 Å². The number of carbonyl (C=O) groups is 1. The van der Waals surface area contributed by atoms with Crippen molar-refractivity contribution in [2.75, 3.05) is 7.11 Å². The monoisotopic (exact) mass is 319 g/mol. The third-order valence-corrected chi connectivity index (χ3v) is 3.67. The Labute approximate surface area is 134 Å². The number of nitrogens with two attached hydrogens (primary N) is 1. The molecule has 0 aliphatic rings. The van der Waals surface area contributed by atoms with E-state index in [-0.39, 0.29) is 0 Å². The number of ether oxygens (including phenoxy) is 1. The molecule has 4 nitrogen and oxygen atoms in total. The summed E-state index contributed by atoms with van der Waals surface area (Å²) >= 11 is 5.98. The summed E-state index contributed by atoms with van der Waals surface area (Å²) in [5, 5.41) is 10.4. The molecule has 0 saturated heterocycles. The zero-order valence-electron chi connectivity index (χ0n) is 12.2. The second kappa shape index (κ2) is 7.40. The Kier molecular flexibility index (Phi) is 5.55. The maximum absolute atomic E-state index is 11.2. The number of hydrogen-bond donors (Lipinski definition) is 2. The first-order chi connectivity index (χ1) is 10.5. The normalized spacial score (nSPS) is 13.5. The number of esters is 1. The molecule has 2 aromatic carbocycles. The van der Waals surface area contributed by atoms with Gasteiger partial charge in [-0.2, -0.15) is 0 Å². The van der Waals surface area contributed by atoms with E-state index in [0.717, 1.165) is 16.7 Å². The number of hydrogen-bond acceptors (Lipinski definition) is 4. The van der Waals surface area contributed by atoms with Crippen LogP contribution in [0.1, 0.15) is 5.56 Å². The van der Waals surface area contributed by atoms with Gasteiger partial charge in [-0.05, 0) is 35.2 Å². The number of carbonyl (C=O) groups excluding carboxylic acids is 1. The first-order valence-corrected chi connectivity index (χ1v) is 7.25. The Morgan fingerprint density at radius 2 is 1.91 bits per heavy atom.